The smallest absolute Gasteiger partial charge is 0.255 e. The SMILES string of the molecule is CC(=O)N[C@@H](CCCc1cccc2c1CN(C1CCC(=O)NC1=O)C2=O)C(=O)NC1C2CC3CC(C2)CC1C3. The van der Waals surface area contributed by atoms with Gasteiger partial charge in [0.15, 0.2) is 0 Å². The van der Waals surface area contributed by atoms with Crippen molar-refractivity contribution in [3.63, 3.8) is 0 Å². The molecule has 6 aliphatic rings. The van der Waals surface area contributed by atoms with Gasteiger partial charge in [-0.1, -0.05) is 12.1 Å². The summed E-state index contributed by atoms with van der Waals surface area (Å²) in [7, 11) is 0. The van der Waals surface area contributed by atoms with Gasteiger partial charge in [-0.3, -0.25) is 29.3 Å². The molecule has 4 saturated carbocycles. The van der Waals surface area contributed by atoms with E-state index in [-0.39, 0.29) is 36.1 Å². The van der Waals surface area contributed by atoms with Crippen LogP contribution in [-0.2, 0) is 32.1 Å². The van der Waals surface area contributed by atoms with Gasteiger partial charge >= 0.3 is 0 Å². The van der Waals surface area contributed by atoms with Crippen LogP contribution in [0.5, 0.6) is 0 Å². The Hall–Kier alpha value is -3.23. The van der Waals surface area contributed by atoms with Crippen LogP contribution in [0.25, 0.3) is 0 Å². The molecule has 1 unspecified atom stereocenters. The minimum Gasteiger partial charge on any atom is -0.351 e. The summed E-state index contributed by atoms with van der Waals surface area (Å²) < 4.78 is 0. The molecule has 208 valence electrons. The standard InChI is InChI=1S/C30H38N4O5/c1-16(35)31-24(28(37)33-27-20-11-17-10-18(13-20)14-21(27)12-17)7-3-5-19-4-2-6-22-23(19)15-34(30(22)39)25-8-9-26(36)32-29(25)38/h2,4,6,17-18,20-21,24-25,27H,3,5,7-15H2,1H3,(H,31,35)(H,33,37)(H,32,36,38)/t17?,18?,20?,21?,24-,25?,27?/m0/s1. The zero-order valence-corrected chi connectivity index (χ0v) is 22.5. The van der Waals surface area contributed by atoms with Crippen LogP contribution in [0.2, 0.25) is 0 Å². The van der Waals surface area contributed by atoms with Gasteiger partial charge in [0, 0.05) is 31.5 Å². The number of fused-ring (bicyclic) bond motifs is 1. The Kier molecular flexibility index (Phi) is 6.93. The molecule has 1 aromatic rings. The van der Waals surface area contributed by atoms with Crippen molar-refractivity contribution in [2.45, 2.75) is 95.8 Å². The number of rotatable bonds is 8. The Bertz CT molecular complexity index is 1180. The van der Waals surface area contributed by atoms with Crippen LogP contribution in [-0.4, -0.2) is 52.6 Å². The first-order chi connectivity index (χ1) is 18.8. The van der Waals surface area contributed by atoms with Gasteiger partial charge in [0.05, 0.1) is 0 Å². The van der Waals surface area contributed by atoms with Crippen molar-refractivity contribution in [2.24, 2.45) is 23.7 Å². The number of hydrogen-bond donors (Lipinski definition) is 3. The summed E-state index contributed by atoms with van der Waals surface area (Å²) in [5.74, 6) is 1.59. The monoisotopic (exact) mass is 534 g/mol. The second-order valence-electron chi connectivity index (χ2n) is 12.5. The van der Waals surface area contributed by atoms with E-state index in [1.54, 1.807) is 11.0 Å². The van der Waals surface area contributed by atoms with Crippen LogP contribution in [0.1, 0.15) is 86.2 Å². The summed E-state index contributed by atoms with van der Waals surface area (Å²) >= 11 is 0. The summed E-state index contributed by atoms with van der Waals surface area (Å²) in [6.07, 6.45) is 8.62. The number of amides is 5. The van der Waals surface area contributed by atoms with Crippen LogP contribution >= 0.6 is 0 Å². The van der Waals surface area contributed by atoms with E-state index >= 15 is 0 Å². The number of nitrogens with zero attached hydrogens (tertiary/aromatic N) is 1. The Morgan fingerprint density at radius 1 is 1.05 bits per heavy atom. The molecule has 1 saturated heterocycles. The van der Waals surface area contributed by atoms with Gasteiger partial charge in [0.25, 0.3) is 5.91 Å². The lowest BCUT2D eigenvalue weighted by Gasteiger charge is -2.54. The lowest BCUT2D eigenvalue weighted by Crippen LogP contribution is -2.59. The third-order valence-electron chi connectivity index (χ3n) is 9.85. The summed E-state index contributed by atoms with van der Waals surface area (Å²) in [6.45, 7) is 1.78. The van der Waals surface area contributed by atoms with Gasteiger partial charge in [-0.05, 0) is 98.7 Å². The average molecular weight is 535 g/mol. The first-order valence-electron chi connectivity index (χ1n) is 14.6. The quantitative estimate of drug-likeness (QED) is 0.441. The van der Waals surface area contributed by atoms with Crippen molar-refractivity contribution in [3.8, 4) is 0 Å². The number of piperidine rings is 1. The van der Waals surface area contributed by atoms with Gasteiger partial charge in [0.2, 0.25) is 23.6 Å². The topological polar surface area (TPSA) is 125 Å². The maximum Gasteiger partial charge on any atom is 0.255 e. The summed E-state index contributed by atoms with van der Waals surface area (Å²) in [4.78, 5) is 64.0. The highest BCUT2D eigenvalue weighted by atomic mass is 16.2. The lowest BCUT2D eigenvalue weighted by atomic mass is 9.54. The molecular weight excluding hydrogens is 496 g/mol. The van der Waals surface area contributed by atoms with Crippen molar-refractivity contribution in [2.75, 3.05) is 0 Å². The van der Waals surface area contributed by atoms with Gasteiger partial charge in [-0.15, -0.1) is 0 Å². The van der Waals surface area contributed by atoms with Crippen molar-refractivity contribution in [1.29, 1.82) is 0 Å². The van der Waals surface area contributed by atoms with E-state index in [0.717, 1.165) is 23.0 Å². The molecule has 5 fully saturated rings. The Balaban J connectivity index is 1.09. The minimum atomic E-state index is -0.645. The number of imide groups is 1. The Labute approximate surface area is 228 Å². The third kappa shape index (κ3) is 5.08. The van der Waals surface area contributed by atoms with Crippen LogP contribution in [0.4, 0.5) is 0 Å². The van der Waals surface area contributed by atoms with E-state index in [4.69, 9.17) is 0 Å². The van der Waals surface area contributed by atoms with Crippen LogP contribution in [0.15, 0.2) is 18.2 Å². The third-order valence-corrected chi connectivity index (χ3v) is 9.85. The average Bonchev–Trinajstić information content (AvgIpc) is 3.21. The van der Waals surface area contributed by atoms with Gasteiger partial charge in [-0.25, -0.2) is 0 Å². The highest BCUT2D eigenvalue weighted by molar-refractivity contribution is 6.05. The minimum absolute atomic E-state index is 0.0832. The molecule has 9 nitrogen and oxygen atoms in total. The number of carbonyl (C=O) groups is 5. The summed E-state index contributed by atoms with van der Waals surface area (Å²) in [5.41, 5.74) is 2.51. The molecule has 3 N–H and O–H groups in total. The van der Waals surface area contributed by atoms with Crippen molar-refractivity contribution in [3.05, 3.63) is 34.9 Å². The molecule has 7 rings (SSSR count). The molecule has 4 bridgehead atoms. The molecule has 2 heterocycles. The maximum absolute atomic E-state index is 13.4. The molecule has 2 aliphatic heterocycles. The first-order valence-corrected chi connectivity index (χ1v) is 14.6. The van der Waals surface area contributed by atoms with E-state index in [0.29, 0.717) is 49.6 Å². The molecule has 1 aromatic carbocycles. The number of benzene rings is 1. The Morgan fingerprint density at radius 2 is 1.77 bits per heavy atom. The summed E-state index contributed by atoms with van der Waals surface area (Å²) in [5, 5.41) is 8.56. The zero-order valence-electron chi connectivity index (χ0n) is 22.5. The molecule has 2 atom stereocenters. The Morgan fingerprint density at radius 3 is 2.44 bits per heavy atom. The second-order valence-corrected chi connectivity index (χ2v) is 12.5. The van der Waals surface area contributed by atoms with Crippen molar-refractivity contribution < 1.29 is 24.0 Å². The number of nitrogens with one attached hydrogen (secondary N) is 3. The van der Waals surface area contributed by atoms with Crippen LogP contribution < -0.4 is 16.0 Å². The van der Waals surface area contributed by atoms with Crippen molar-refractivity contribution >= 4 is 29.5 Å². The predicted octanol–water partition coefficient (Wildman–Crippen LogP) is 2.22. The molecule has 0 radical (unpaired) electrons. The van der Waals surface area contributed by atoms with Gasteiger partial charge in [0.1, 0.15) is 12.1 Å². The highest BCUT2D eigenvalue weighted by Gasteiger charge is 2.49. The normalized spacial score (nSPS) is 31.6. The largest absolute Gasteiger partial charge is 0.351 e. The van der Waals surface area contributed by atoms with E-state index < -0.39 is 18.0 Å². The van der Waals surface area contributed by atoms with Crippen molar-refractivity contribution in [1.82, 2.24) is 20.9 Å². The first kappa shape index (κ1) is 26.0. The molecule has 0 aromatic heterocycles. The fourth-order valence-corrected chi connectivity index (χ4v) is 8.32. The van der Waals surface area contributed by atoms with Crippen LogP contribution in [0.3, 0.4) is 0 Å². The molecule has 9 heteroatoms. The van der Waals surface area contributed by atoms with Gasteiger partial charge in [-0.2, -0.15) is 0 Å². The van der Waals surface area contributed by atoms with E-state index in [1.165, 1.54) is 39.0 Å². The zero-order chi connectivity index (χ0) is 27.3. The van der Waals surface area contributed by atoms with E-state index in [9.17, 15) is 24.0 Å². The number of aryl methyl sites for hydroxylation is 1. The number of carbonyl (C=O) groups excluding carboxylic acids is 5. The highest BCUT2D eigenvalue weighted by Crippen LogP contribution is 2.53. The fraction of sp³-hybridized carbons (Fsp3) is 0.633. The molecule has 39 heavy (non-hydrogen) atoms. The molecule has 0 spiro atoms. The fourth-order valence-electron chi connectivity index (χ4n) is 8.32. The molecular formula is C30H38N4O5. The van der Waals surface area contributed by atoms with E-state index in [1.807, 2.05) is 12.1 Å². The second kappa shape index (κ2) is 10.4. The predicted molar refractivity (Wildman–Crippen MR) is 142 cm³/mol. The molecule has 5 amide bonds. The van der Waals surface area contributed by atoms with Gasteiger partial charge < -0.3 is 15.5 Å². The maximum atomic E-state index is 13.4. The number of hydrogen-bond acceptors (Lipinski definition) is 5. The summed E-state index contributed by atoms with van der Waals surface area (Å²) in [6, 6.07) is 4.62. The van der Waals surface area contributed by atoms with E-state index in [2.05, 4.69) is 16.0 Å². The lowest BCUT2D eigenvalue weighted by molar-refractivity contribution is -0.137. The van der Waals surface area contributed by atoms with Crippen LogP contribution in [0, 0.1) is 23.7 Å². The molecule has 4 aliphatic carbocycles.